The normalized spacial score (nSPS) is 11.8. The molecule has 126 valence electrons. The summed E-state index contributed by atoms with van der Waals surface area (Å²) in [5, 5.41) is 30.6. The number of carboxylic acids is 1. The number of phenols is 1. The van der Waals surface area contributed by atoms with E-state index >= 15 is 0 Å². The van der Waals surface area contributed by atoms with Crippen molar-refractivity contribution in [2.45, 2.75) is 12.8 Å². The number of nitrogens with zero attached hydrogens (tertiary/aromatic N) is 1. The first-order valence-corrected chi connectivity index (χ1v) is 7.11. The third-order valence-corrected chi connectivity index (χ3v) is 3.30. The lowest BCUT2D eigenvalue weighted by atomic mass is 10.1. The molecule has 0 amide bonds. The van der Waals surface area contributed by atoms with E-state index in [-0.39, 0.29) is 11.5 Å². The maximum Gasteiger partial charge on any atom is 0.371 e. The third-order valence-electron chi connectivity index (χ3n) is 3.30. The summed E-state index contributed by atoms with van der Waals surface area (Å²) in [5.41, 5.74) is 1.16. The Kier molecular flexibility index (Phi) is 5.62. The van der Waals surface area contributed by atoms with E-state index < -0.39 is 5.97 Å². The van der Waals surface area contributed by atoms with Crippen LogP contribution in [0.25, 0.3) is 6.08 Å². The highest BCUT2D eigenvalue weighted by atomic mass is 16.5. The zero-order valence-electron chi connectivity index (χ0n) is 13.0. The van der Waals surface area contributed by atoms with Crippen LogP contribution in [0.15, 0.2) is 46.0 Å². The number of methoxy groups -OCH3 is 1. The van der Waals surface area contributed by atoms with Crippen molar-refractivity contribution < 1.29 is 29.4 Å². The van der Waals surface area contributed by atoms with E-state index in [1.807, 2.05) is 0 Å². The summed E-state index contributed by atoms with van der Waals surface area (Å²) in [5.74, 6) is -0.375. The number of hydrogen-bond donors (Lipinski definition) is 3. The Morgan fingerprint density at radius 1 is 1.33 bits per heavy atom. The first-order chi connectivity index (χ1) is 11.5. The molecular formula is C17H17NO6. The van der Waals surface area contributed by atoms with E-state index in [9.17, 15) is 9.90 Å². The molecular weight excluding hydrogens is 314 g/mol. The molecule has 0 saturated heterocycles. The highest BCUT2D eigenvalue weighted by Gasteiger charge is 2.09. The quantitative estimate of drug-likeness (QED) is 0.408. The van der Waals surface area contributed by atoms with Crippen LogP contribution < -0.4 is 4.74 Å². The monoisotopic (exact) mass is 331 g/mol. The van der Waals surface area contributed by atoms with Gasteiger partial charge in [-0.05, 0) is 35.9 Å². The van der Waals surface area contributed by atoms with Crippen molar-refractivity contribution in [1.29, 1.82) is 0 Å². The fourth-order valence-electron chi connectivity index (χ4n) is 2.04. The summed E-state index contributed by atoms with van der Waals surface area (Å²) in [7, 11) is 1.46. The summed E-state index contributed by atoms with van der Waals surface area (Å²) in [6, 6.07) is 7.80. The Balaban J connectivity index is 2.00. The number of aryl methyl sites for hydroxylation is 1. The number of aromatic carboxylic acids is 1. The molecule has 0 radical (unpaired) electrons. The van der Waals surface area contributed by atoms with Gasteiger partial charge in [0.1, 0.15) is 5.76 Å². The number of benzene rings is 1. The molecule has 0 spiro atoms. The average molecular weight is 331 g/mol. The van der Waals surface area contributed by atoms with Crippen LogP contribution in [-0.4, -0.2) is 34.2 Å². The van der Waals surface area contributed by atoms with Crippen molar-refractivity contribution in [2.24, 2.45) is 5.16 Å². The molecule has 0 saturated carbocycles. The summed E-state index contributed by atoms with van der Waals surface area (Å²) in [4.78, 5) is 10.7. The van der Waals surface area contributed by atoms with Crippen molar-refractivity contribution in [3.63, 3.8) is 0 Å². The lowest BCUT2D eigenvalue weighted by Gasteiger charge is -2.03. The number of aromatic hydroxyl groups is 1. The van der Waals surface area contributed by atoms with Crippen LogP contribution in [0.5, 0.6) is 11.5 Å². The van der Waals surface area contributed by atoms with E-state index in [2.05, 4.69) is 5.16 Å². The Bertz CT molecular complexity index is 775. The predicted molar refractivity (Wildman–Crippen MR) is 86.9 cm³/mol. The molecule has 0 aliphatic rings. The molecule has 7 heteroatoms. The number of rotatable bonds is 7. The minimum absolute atomic E-state index is 0.0396. The van der Waals surface area contributed by atoms with Gasteiger partial charge in [0.2, 0.25) is 5.76 Å². The van der Waals surface area contributed by atoms with Gasteiger partial charge >= 0.3 is 5.97 Å². The van der Waals surface area contributed by atoms with Crippen molar-refractivity contribution in [2.75, 3.05) is 7.11 Å². The molecule has 1 aromatic heterocycles. The molecule has 0 aliphatic heterocycles. The SMILES string of the molecule is COc1cc(C=CC(CCc2ccc(C(=O)O)o2)=NO)ccc1O. The number of furan rings is 1. The molecule has 0 atom stereocenters. The van der Waals surface area contributed by atoms with Gasteiger partial charge in [0.15, 0.2) is 11.5 Å². The van der Waals surface area contributed by atoms with Crippen LogP contribution in [0, 0.1) is 0 Å². The molecule has 1 heterocycles. The Morgan fingerprint density at radius 2 is 2.12 bits per heavy atom. The fourth-order valence-corrected chi connectivity index (χ4v) is 2.04. The van der Waals surface area contributed by atoms with Crippen LogP contribution in [0.3, 0.4) is 0 Å². The number of ether oxygens (including phenoxy) is 1. The van der Waals surface area contributed by atoms with Crippen molar-refractivity contribution in [1.82, 2.24) is 0 Å². The van der Waals surface area contributed by atoms with E-state index in [1.165, 1.54) is 19.2 Å². The average Bonchev–Trinajstić information content (AvgIpc) is 3.05. The minimum atomic E-state index is -1.13. The van der Waals surface area contributed by atoms with Crippen LogP contribution in [0.4, 0.5) is 0 Å². The highest BCUT2D eigenvalue weighted by molar-refractivity contribution is 5.98. The number of oxime groups is 1. The summed E-state index contributed by atoms with van der Waals surface area (Å²) in [6.07, 6.45) is 4.10. The lowest BCUT2D eigenvalue weighted by molar-refractivity contribution is 0.0660. The van der Waals surface area contributed by atoms with Gasteiger partial charge in [0.25, 0.3) is 0 Å². The molecule has 0 fully saturated rings. The first-order valence-electron chi connectivity index (χ1n) is 7.11. The molecule has 7 nitrogen and oxygen atoms in total. The number of carboxylic acid groups (broad SMARTS) is 1. The zero-order chi connectivity index (χ0) is 17.5. The predicted octanol–water partition coefficient (Wildman–Crippen LogP) is 3.17. The molecule has 2 rings (SSSR count). The topological polar surface area (TPSA) is 112 Å². The Morgan fingerprint density at radius 3 is 2.75 bits per heavy atom. The van der Waals surface area contributed by atoms with Crippen LogP contribution in [0.2, 0.25) is 0 Å². The second kappa shape index (κ2) is 7.87. The van der Waals surface area contributed by atoms with Gasteiger partial charge in [-0.25, -0.2) is 4.79 Å². The third kappa shape index (κ3) is 4.39. The number of phenolic OH excluding ortho intramolecular Hbond substituents is 1. The van der Waals surface area contributed by atoms with Crippen molar-refractivity contribution in [3.8, 4) is 11.5 Å². The standard InChI is InChI=1S/C17H17NO6/c1-23-16-10-11(3-8-14(16)19)2-4-12(18-22)5-6-13-7-9-15(24-13)17(20)21/h2-4,7-10,19,22H,5-6H2,1H3,(H,20,21). The molecule has 3 N–H and O–H groups in total. The number of allylic oxidation sites excluding steroid dienone is 1. The molecule has 0 aliphatic carbocycles. The molecule has 24 heavy (non-hydrogen) atoms. The maximum atomic E-state index is 10.7. The largest absolute Gasteiger partial charge is 0.504 e. The minimum Gasteiger partial charge on any atom is -0.504 e. The summed E-state index contributed by atoms with van der Waals surface area (Å²) < 4.78 is 10.2. The van der Waals surface area contributed by atoms with E-state index in [1.54, 1.807) is 30.4 Å². The van der Waals surface area contributed by atoms with Crippen molar-refractivity contribution in [3.05, 3.63) is 53.5 Å². The van der Waals surface area contributed by atoms with Crippen LogP contribution in [0.1, 0.15) is 28.3 Å². The fraction of sp³-hybridized carbons (Fsp3) is 0.176. The zero-order valence-corrected chi connectivity index (χ0v) is 13.0. The van der Waals surface area contributed by atoms with Crippen LogP contribution in [-0.2, 0) is 6.42 Å². The van der Waals surface area contributed by atoms with Gasteiger partial charge in [0, 0.05) is 12.8 Å². The molecule has 1 aromatic carbocycles. The van der Waals surface area contributed by atoms with E-state index in [4.69, 9.17) is 19.5 Å². The van der Waals surface area contributed by atoms with E-state index in [0.717, 1.165) is 5.56 Å². The molecule has 0 unspecified atom stereocenters. The van der Waals surface area contributed by atoms with Gasteiger partial charge in [-0.15, -0.1) is 0 Å². The second-order valence-electron chi connectivity index (χ2n) is 4.93. The smallest absolute Gasteiger partial charge is 0.371 e. The second-order valence-corrected chi connectivity index (χ2v) is 4.93. The van der Waals surface area contributed by atoms with Gasteiger partial charge in [-0.3, -0.25) is 0 Å². The Labute approximate surface area is 138 Å². The van der Waals surface area contributed by atoms with Crippen molar-refractivity contribution >= 4 is 17.8 Å². The van der Waals surface area contributed by atoms with Crippen LogP contribution >= 0.6 is 0 Å². The first kappa shape index (κ1) is 17.1. The maximum absolute atomic E-state index is 10.7. The summed E-state index contributed by atoms with van der Waals surface area (Å²) >= 11 is 0. The van der Waals surface area contributed by atoms with Gasteiger partial charge in [0.05, 0.1) is 12.8 Å². The van der Waals surface area contributed by atoms with Gasteiger partial charge in [-0.1, -0.05) is 17.3 Å². The number of carbonyl (C=O) groups is 1. The summed E-state index contributed by atoms with van der Waals surface area (Å²) in [6.45, 7) is 0. The van der Waals surface area contributed by atoms with Gasteiger partial charge in [-0.2, -0.15) is 0 Å². The lowest BCUT2D eigenvalue weighted by Crippen LogP contribution is -1.97. The van der Waals surface area contributed by atoms with Gasteiger partial charge < -0.3 is 24.6 Å². The molecule has 0 bridgehead atoms. The van der Waals surface area contributed by atoms with E-state index in [0.29, 0.717) is 30.1 Å². The molecule has 2 aromatic rings. The number of hydrogen-bond acceptors (Lipinski definition) is 6. The Hall–Kier alpha value is -3.22. The highest BCUT2D eigenvalue weighted by Crippen LogP contribution is 2.26.